The Balaban J connectivity index is 2.34. The second-order valence-corrected chi connectivity index (χ2v) is 3.72. The number of rotatable bonds is 2. The second kappa shape index (κ2) is 4.32. The molecule has 0 spiro atoms. The van der Waals surface area contributed by atoms with Crippen molar-refractivity contribution < 1.29 is 4.79 Å². The number of nitrogens with one attached hydrogen (secondary N) is 1. The number of anilines is 1. The molecule has 6 nitrogen and oxygen atoms in total. The zero-order valence-corrected chi connectivity index (χ0v) is 9.93. The van der Waals surface area contributed by atoms with Gasteiger partial charge in [-0.05, 0) is 26.0 Å². The number of pyridine rings is 1. The highest BCUT2D eigenvalue weighted by atomic mass is 16.1. The van der Waals surface area contributed by atoms with Gasteiger partial charge in [-0.15, -0.1) is 0 Å². The Kier molecular flexibility index (Phi) is 2.86. The van der Waals surface area contributed by atoms with Gasteiger partial charge in [0.15, 0.2) is 0 Å². The number of aromatic nitrogens is 4. The molecule has 2 aromatic rings. The molecule has 0 atom stereocenters. The third kappa shape index (κ3) is 2.47. The van der Waals surface area contributed by atoms with Gasteiger partial charge in [-0.1, -0.05) is 0 Å². The molecule has 0 bridgehead atoms. The van der Waals surface area contributed by atoms with Crippen molar-refractivity contribution in [3.63, 3.8) is 0 Å². The topological polar surface area (TPSA) is 72.7 Å². The lowest BCUT2D eigenvalue weighted by molar-refractivity contribution is -0.114. The van der Waals surface area contributed by atoms with Crippen LogP contribution >= 0.6 is 0 Å². The molecule has 2 aromatic heterocycles. The zero-order chi connectivity index (χ0) is 12.4. The van der Waals surface area contributed by atoms with Gasteiger partial charge in [0, 0.05) is 6.92 Å². The zero-order valence-electron chi connectivity index (χ0n) is 9.93. The van der Waals surface area contributed by atoms with Crippen LogP contribution < -0.4 is 5.32 Å². The summed E-state index contributed by atoms with van der Waals surface area (Å²) in [7, 11) is 0. The molecule has 0 unspecified atom stereocenters. The van der Waals surface area contributed by atoms with Gasteiger partial charge >= 0.3 is 0 Å². The van der Waals surface area contributed by atoms with Crippen LogP contribution in [0.4, 0.5) is 5.82 Å². The van der Waals surface area contributed by atoms with E-state index in [-0.39, 0.29) is 5.91 Å². The standard InChI is InChI=1S/C11H13N5O/c1-7-10(16-6-12-8(2)15-16)4-5-11(13-7)14-9(3)17/h4-6H,1-3H3,(H,13,14,17). The monoisotopic (exact) mass is 231 g/mol. The molecule has 0 saturated heterocycles. The van der Waals surface area contributed by atoms with Gasteiger partial charge in [0.1, 0.15) is 18.0 Å². The van der Waals surface area contributed by atoms with Crippen molar-refractivity contribution in [1.29, 1.82) is 0 Å². The number of carbonyl (C=O) groups excluding carboxylic acids is 1. The van der Waals surface area contributed by atoms with Gasteiger partial charge in [-0.2, -0.15) is 5.10 Å². The number of amides is 1. The van der Waals surface area contributed by atoms with Crippen molar-refractivity contribution in [2.45, 2.75) is 20.8 Å². The molecule has 2 rings (SSSR count). The average molecular weight is 231 g/mol. The predicted molar refractivity (Wildman–Crippen MR) is 62.9 cm³/mol. The molecule has 0 aliphatic rings. The number of carbonyl (C=O) groups is 1. The summed E-state index contributed by atoms with van der Waals surface area (Å²) in [6.45, 7) is 5.13. The van der Waals surface area contributed by atoms with Crippen LogP contribution in [-0.4, -0.2) is 25.7 Å². The summed E-state index contributed by atoms with van der Waals surface area (Å²) in [4.78, 5) is 19.2. The van der Waals surface area contributed by atoms with Gasteiger partial charge in [-0.3, -0.25) is 4.79 Å². The summed E-state index contributed by atoms with van der Waals surface area (Å²) in [5, 5.41) is 6.84. The first kappa shape index (κ1) is 11.3. The van der Waals surface area contributed by atoms with E-state index in [1.54, 1.807) is 17.1 Å². The molecule has 2 heterocycles. The molecule has 88 valence electrons. The van der Waals surface area contributed by atoms with E-state index in [1.807, 2.05) is 19.9 Å². The fourth-order valence-corrected chi connectivity index (χ4v) is 1.51. The third-order valence-corrected chi connectivity index (χ3v) is 2.22. The fourth-order valence-electron chi connectivity index (χ4n) is 1.51. The minimum atomic E-state index is -0.138. The van der Waals surface area contributed by atoms with Gasteiger partial charge in [-0.25, -0.2) is 14.6 Å². The molecular formula is C11H13N5O. The Morgan fingerprint density at radius 3 is 2.65 bits per heavy atom. The van der Waals surface area contributed by atoms with Crippen LogP contribution in [0, 0.1) is 13.8 Å². The van der Waals surface area contributed by atoms with E-state index in [0.29, 0.717) is 11.6 Å². The van der Waals surface area contributed by atoms with E-state index in [0.717, 1.165) is 11.4 Å². The van der Waals surface area contributed by atoms with E-state index in [2.05, 4.69) is 20.4 Å². The minimum absolute atomic E-state index is 0.138. The molecule has 6 heteroatoms. The largest absolute Gasteiger partial charge is 0.311 e. The third-order valence-electron chi connectivity index (χ3n) is 2.22. The first-order chi connectivity index (χ1) is 8.06. The highest BCUT2D eigenvalue weighted by Crippen LogP contribution is 2.14. The van der Waals surface area contributed by atoms with Crippen LogP contribution in [0.1, 0.15) is 18.4 Å². The summed E-state index contributed by atoms with van der Waals surface area (Å²) in [5.74, 6) is 1.10. The van der Waals surface area contributed by atoms with Crippen molar-refractivity contribution in [2.24, 2.45) is 0 Å². The van der Waals surface area contributed by atoms with Crippen LogP contribution in [0.2, 0.25) is 0 Å². The normalized spacial score (nSPS) is 10.3. The number of hydrogen-bond donors (Lipinski definition) is 1. The second-order valence-electron chi connectivity index (χ2n) is 3.72. The van der Waals surface area contributed by atoms with Crippen molar-refractivity contribution in [2.75, 3.05) is 5.32 Å². The lowest BCUT2D eigenvalue weighted by Crippen LogP contribution is -2.09. The van der Waals surface area contributed by atoms with Crippen molar-refractivity contribution in [3.8, 4) is 5.69 Å². The quantitative estimate of drug-likeness (QED) is 0.843. The maximum atomic E-state index is 10.9. The molecule has 0 aromatic carbocycles. The van der Waals surface area contributed by atoms with E-state index in [4.69, 9.17) is 0 Å². The van der Waals surface area contributed by atoms with E-state index in [9.17, 15) is 4.79 Å². The summed E-state index contributed by atoms with van der Waals surface area (Å²) in [6, 6.07) is 3.59. The summed E-state index contributed by atoms with van der Waals surface area (Å²) >= 11 is 0. The van der Waals surface area contributed by atoms with Crippen LogP contribution in [0.5, 0.6) is 0 Å². The highest BCUT2D eigenvalue weighted by Gasteiger charge is 2.06. The Hall–Kier alpha value is -2.24. The highest BCUT2D eigenvalue weighted by molar-refractivity contribution is 5.87. The Labute approximate surface area is 98.7 Å². The minimum Gasteiger partial charge on any atom is -0.311 e. The maximum absolute atomic E-state index is 10.9. The number of hydrogen-bond acceptors (Lipinski definition) is 4. The first-order valence-corrected chi connectivity index (χ1v) is 5.20. The Morgan fingerprint density at radius 2 is 2.12 bits per heavy atom. The van der Waals surface area contributed by atoms with E-state index < -0.39 is 0 Å². The molecule has 0 saturated carbocycles. The predicted octanol–water partition coefficient (Wildman–Crippen LogP) is 1.24. The van der Waals surface area contributed by atoms with Crippen molar-refractivity contribution in [1.82, 2.24) is 19.7 Å². The lowest BCUT2D eigenvalue weighted by Gasteiger charge is -2.07. The van der Waals surface area contributed by atoms with Gasteiger partial charge in [0.05, 0.1) is 11.4 Å². The molecule has 0 aliphatic carbocycles. The van der Waals surface area contributed by atoms with Gasteiger partial charge in [0.25, 0.3) is 0 Å². The molecule has 0 fully saturated rings. The Bertz CT molecular complexity index is 561. The van der Waals surface area contributed by atoms with Crippen molar-refractivity contribution >= 4 is 11.7 Å². The summed E-state index contributed by atoms with van der Waals surface area (Å²) < 4.78 is 1.66. The van der Waals surface area contributed by atoms with E-state index in [1.165, 1.54) is 6.92 Å². The van der Waals surface area contributed by atoms with Gasteiger partial charge in [0.2, 0.25) is 5.91 Å². The number of aryl methyl sites for hydroxylation is 2. The first-order valence-electron chi connectivity index (χ1n) is 5.20. The fraction of sp³-hybridized carbons (Fsp3) is 0.273. The lowest BCUT2D eigenvalue weighted by atomic mass is 10.3. The van der Waals surface area contributed by atoms with E-state index >= 15 is 0 Å². The summed E-state index contributed by atoms with van der Waals surface area (Å²) in [6.07, 6.45) is 1.64. The molecule has 1 amide bonds. The van der Waals surface area contributed by atoms with Crippen molar-refractivity contribution in [3.05, 3.63) is 30.0 Å². The van der Waals surface area contributed by atoms with Crippen LogP contribution in [0.25, 0.3) is 5.69 Å². The average Bonchev–Trinajstić information content (AvgIpc) is 2.64. The van der Waals surface area contributed by atoms with Crippen LogP contribution in [0.3, 0.4) is 0 Å². The summed E-state index contributed by atoms with van der Waals surface area (Å²) in [5.41, 5.74) is 1.63. The Morgan fingerprint density at radius 1 is 1.35 bits per heavy atom. The molecule has 17 heavy (non-hydrogen) atoms. The SMILES string of the molecule is CC(=O)Nc1ccc(-n2cnc(C)n2)c(C)n1. The number of nitrogens with zero attached hydrogens (tertiary/aromatic N) is 4. The van der Waals surface area contributed by atoms with Gasteiger partial charge < -0.3 is 5.32 Å². The maximum Gasteiger partial charge on any atom is 0.222 e. The molecular weight excluding hydrogens is 218 g/mol. The molecule has 1 N–H and O–H groups in total. The molecule has 0 radical (unpaired) electrons. The van der Waals surface area contributed by atoms with Crippen LogP contribution in [-0.2, 0) is 4.79 Å². The molecule has 0 aliphatic heterocycles. The smallest absolute Gasteiger partial charge is 0.222 e. The van der Waals surface area contributed by atoms with Crippen LogP contribution in [0.15, 0.2) is 18.5 Å².